The average molecular weight is 338 g/mol. The lowest BCUT2D eigenvalue weighted by Gasteiger charge is -2.29. The number of aliphatic hydroxyl groups is 1. The van der Waals surface area contributed by atoms with Crippen LogP contribution in [0.3, 0.4) is 0 Å². The maximum absolute atomic E-state index is 14.3. The number of rotatable bonds is 8. The summed E-state index contributed by atoms with van der Waals surface area (Å²) in [5.74, 6) is -0.409. The van der Waals surface area contributed by atoms with Crippen molar-refractivity contribution >= 4 is 11.6 Å². The molecule has 0 aliphatic carbocycles. The SMILES string of the molecule is CCCC(CCO)CNC(=O)c1ccc(N2CCOCC2)c(F)c1. The Bertz CT molecular complexity index is 527. The van der Waals surface area contributed by atoms with Crippen LogP contribution in [0.25, 0.3) is 0 Å². The zero-order chi connectivity index (χ0) is 17.4. The molecular formula is C18H27FN2O3. The largest absolute Gasteiger partial charge is 0.396 e. The molecule has 1 amide bonds. The molecule has 1 saturated heterocycles. The highest BCUT2D eigenvalue weighted by Crippen LogP contribution is 2.21. The van der Waals surface area contributed by atoms with Crippen LogP contribution in [0.1, 0.15) is 36.5 Å². The van der Waals surface area contributed by atoms with Gasteiger partial charge in [-0.05, 0) is 37.0 Å². The number of carbonyl (C=O) groups excluding carboxylic acids is 1. The summed E-state index contributed by atoms with van der Waals surface area (Å²) in [6, 6.07) is 4.61. The average Bonchev–Trinajstić information content (AvgIpc) is 2.60. The van der Waals surface area contributed by atoms with Gasteiger partial charge in [-0.25, -0.2) is 4.39 Å². The van der Waals surface area contributed by atoms with Gasteiger partial charge in [0.25, 0.3) is 5.91 Å². The van der Waals surface area contributed by atoms with Crippen LogP contribution in [0, 0.1) is 11.7 Å². The van der Waals surface area contributed by atoms with Gasteiger partial charge in [0.05, 0.1) is 18.9 Å². The Kier molecular flexibility index (Phi) is 7.46. The predicted octanol–water partition coefficient (Wildman–Crippen LogP) is 2.19. The van der Waals surface area contributed by atoms with E-state index in [0.717, 1.165) is 12.8 Å². The number of halogens is 1. The highest BCUT2D eigenvalue weighted by Gasteiger charge is 2.17. The number of carbonyl (C=O) groups is 1. The van der Waals surface area contributed by atoms with Gasteiger partial charge >= 0.3 is 0 Å². The lowest BCUT2D eigenvalue weighted by Crippen LogP contribution is -2.36. The summed E-state index contributed by atoms with van der Waals surface area (Å²) in [5.41, 5.74) is 0.836. The van der Waals surface area contributed by atoms with E-state index in [2.05, 4.69) is 12.2 Å². The Morgan fingerprint density at radius 1 is 1.38 bits per heavy atom. The molecule has 1 aliphatic heterocycles. The second-order valence-corrected chi connectivity index (χ2v) is 6.14. The standard InChI is InChI=1S/C18H27FN2O3/c1-2-3-14(6-9-22)13-20-18(23)15-4-5-17(16(19)12-15)21-7-10-24-11-8-21/h4-5,12,14,22H,2-3,6-11,13H2,1H3,(H,20,23). The summed E-state index contributed by atoms with van der Waals surface area (Å²) in [6.07, 6.45) is 2.62. The second kappa shape index (κ2) is 9.59. The van der Waals surface area contributed by atoms with E-state index < -0.39 is 0 Å². The Balaban J connectivity index is 1.95. The molecule has 2 N–H and O–H groups in total. The Morgan fingerprint density at radius 2 is 2.12 bits per heavy atom. The third-order valence-electron chi connectivity index (χ3n) is 4.35. The Hall–Kier alpha value is -1.66. The van der Waals surface area contributed by atoms with Gasteiger partial charge in [-0.15, -0.1) is 0 Å². The fraction of sp³-hybridized carbons (Fsp3) is 0.611. The Morgan fingerprint density at radius 3 is 2.75 bits per heavy atom. The van der Waals surface area contributed by atoms with Crippen molar-refractivity contribution in [3.05, 3.63) is 29.6 Å². The lowest BCUT2D eigenvalue weighted by atomic mass is 10.00. The van der Waals surface area contributed by atoms with Crippen molar-refractivity contribution in [3.63, 3.8) is 0 Å². The molecule has 1 aliphatic rings. The van der Waals surface area contributed by atoms with Crippen LogP contribution >= 0.6 is 0 Å². The first-order chi connectivity index (χ1) is 11.7. The summed E-state index contributed by atoms with van der Waals surface area (Å²) < 4.78 is 19.6. The van der Waals surface area contributed by atoms with Gasteiger partial charge in [0.1, 0.15) is 5.82 Å². The lowest BCUT2D eigenvalue weighted by molar-refractivity contribution is 0.0942. The molecule has 1 heterocycles. The van der Waals surface area contributed by atoms with E-state index >= 15 is 0 Å². The van der Waals surface area contributed by atoms with Gasteiger partial charge in [-0.2, -0.15) is 0 Å². The van der Waals surface area contributed by atoms with Gasteiger partial charge < -0.3 is 20.1 Å². The summed E-state index contributed by atoms with van der Waals surface area (Å²) in [6.45, 7) is 5.18. The minimum Gasteiger partial charge on any atom is -0.396 e. The van der Waals surface area contributed by atoms with E-state index in [1.165, 1.54) is 6.07 Å². The van der Waals surface area contributed by atoms with Crippen molar-refractivity contribution in [1.29, 1.82) is 0 Å². The maximum Gasteiger partial charge on any atom is 0.251 e. The summed E-state index contributed by atoms with van der Waals surface area (Å²) >= 11 is 0. The van der Waals surface area contributed by atoms with E-state index in [4.69, 9.17) is 9.84 Å². The van der Waals surface area contributed by atoms with Crippen LogP contribution in [-0.4, -0.2) is 50.5 Å². The number of anilines is 1. The maximum atomic E-state index is 14.3. The van der Waals surface area contributed by atoms with Crippen molar-refractivity contribution in [2.45, 2.75) is 26.2 Å². The van der Waals surface area contributed by atoms with Crippen LogP contribution in [0.15, 0.2) is 18.2 Å². The molecule has 0 spiro atoms. The highest BCUT2D eigenvalue weighted by atomic mass is 19.1. The molecule has 1 atom stereocenters. The van der Waals surface area contributed by atoms with Gasteiger partial charge in [0.2, 0.25) is 0 Å². The fourth-order valence-electron chi connectivity index (χ4n) is 2.99. The molecule has 0 saturated carbocycles. The Labute approximate surface area is 142 Å². The van der Waals surface area contributed by atoms with E-state index in [0.29, 0.717) is 50.5 Å². The van der Waals surface area contributed by atoms with Crippen LogP contribution in [0.2, 0.25) is 0 Å². The van der Waals surface area contributed by atoms with Crippen LogP contribution in [-0.2, 0) is 4.74 Å². The van der Waals surface area contributed by atoms with Crippen molar-refractivity contribution in [1.82, 2.24) is 5.32 Å². The van der Waals surface area contributed by atoms with Crippen molar-refractivity contribution in [3.8, 4) is 0 Å². The van der Waals surface area contributed by atoms with Crippen LogP contribution < -0.4 is 10.2 Å². The zero-order valence-corrected chi connectivity index (χ0v) is 14.3. The van der Waals surface area contributed by atoms with Crippen molar-refractivity contribution in [2.24, 2.45) is 5.92 Å². The van der Waals surface area contributed by atoms with Crippen molar-refractivity contribution < 1.29 is 19.0 Å². The molecule has 1 unspecified atom stereocenters. The third-order valence-corrected chi connectivity index (χ3v) is 4.35. The zero-order valence-electron chi connectivity index (χ0n) is 14.3. The molecule has 0 radical (unpaired) electrons. The molecule has 134 valence electrons. The van der Waals surface area contributed by atoms with Gasteiger partial charge in [0, 0.05) is 31.8 Å². The monoisotopic (exact) mass is 338 g/mol. The fourth-order valence-corrected chi connectivity index (χ4v) is 2.99. The predicted molar refractivity (Wildman–Crippen MR) is 91.9 cm³/mol. The number of nitrogens with zero attached hydrogens (tertiary/aromatic N) is 1. The number of aliphatic hydroxyl groups excluding tert-OH is 1. The van der Waals surface area contributed by atoms with Crippen LogP contribution in [0.5, 0.6) is 0 Å². The molecule has 5 nitrogen and oxygen atoms in total. The number of hydrogen-bond donors (Lipinski definition) is 2. The van der Waals surface area contributed by atoms with Crippen molar-refractivity contribution in [2.75, 3.05) is 44.4 Å². The van der Waals surface area contributed by atoms with E-state index in [9.17, 15) is 9.18 Å². The molecule has 6 heteroatoms. The number of amides is 1. The molecule has 2 rings (SSSR count). The first-order valence-corrected chi connectivity index (χ1v) is 8.67. The quantitative estimate of drug-likeness (QED) is 0.763. The normalized spacial score (nSPS) is 16.0. The van der Waals surface area contributed by atoms with Crippen LogP contribution in [0.4, 0.5) is 10.1 Å². The summed E-state index contributed by atoms with van der Waals surface area (Å²) in [7, 11) is 0. The molecular weight excluding hydrogens is 311 g/mol. The minimum atomic E-state index is -0.384. The van der Waals surface area contributed by atoms with Gasteiger partial charge in [-0.1, -0.05) is 13.3 Å². The summed E-state index contributed by atoms with van der Waals surface area (Å²) in [4.78, 5) is 14.2. The van der Waals surface area contributed by atoms with Gasteiger partial charge in [-0.3, -0.25) is 4.79 Å². The number of nitrogens with one attached hydrogen (secondary N) is 1. The first kappa shape index (κ1) is 18.7. The molecule has 0 bridgehead atoms. The third kappa shape index (κ3) is 5.18. The van der Waals surface area contributed by atoms with Gasteiger partial charge in [0.15, 0.2) is 0 Å². The minimum absolute atomic E-state index is 0.114. The second-order valence-electron chi connectivity index (χ2n) is 6.14. The summed E-state index contributed by atoms with van der Waals surface area (Å²) in [5, 5.41) is 11.9. The van der Waals surface area contributed by atoms with E-state index in [1.54, 1.807) is 12.1 Å². The number of benzene rings is 1. The first-order valence-electron chi connectivity index (χ1n) is 8.67. The molecule has 1 fully saturated rings. The molecule has 1 aromatic rings. The number of ether oxygens (including phenoxy) is 1. The molecule has 24 heavy (non-hydrogen) atoms. The molecule has 0 aromatic heterocycles. The number of hydrogen-bond acceptors (Lipinski definition) is 4. The smallest absolute Gasteiger partial charge is 0.251 e. The van der Waals surface area contributed by atoms with E-state index in [-0.39, 0.29) is 24.2 Å². The highest BCUT2D eigenvalue weighted by molar-refractivity contribution is 5.94. The molecule has 1 aromatic carbocycles. The topological polar surface area (TPSA) is 61.8 Å². The number of morpholine rings is 1. The van der Waals surface area contributed by atoms with E-state index in [1.807, 2.05) is 4.90 Å².